The van der Waals surface area contributed by atoms with E-state index in [1.807, 2.05) is 13.8 Å². The normalized spacial score (nSPS) is 42.7. The van der Waals surface area contributed by atoms with Gasteiger partial charge in [0.15, 0.2) is 11.4 Å². The minimum absolute atomic E-state index is 0.0127. The molecular weight excluding hydrogens is 328 g/mol. The van der Waals surface area contributed by atoms with Gasteiger partial charge in [-0.15, -0.1) is 0 Å². The average molecular weight is 338 g/mol. The summed E-state index contributed by atoms with van der Waals surface area (Å²) in [6.07, 6.45) is 3.17. The van der Waals surface area contributed by atoms with Gasteiger partial charge in [0.25, 0.3) is 0 Å². The van der Waals surface area contributed by atoms with Gasteiger partial charge in [0.05, 0.1) is 9.65 Å². The van der Waals surface area contributed by atoms with Crippen LogP contribution < -0.4 is 0 Å². The summed E-state index contributed by atoms with van der Waals surface area (Å²) >= 11 is 6.74. The van der Waals surface area contributed by atoms with E-state index < -0.39 is 11.0 Å². The van der Waals surface area contributed by atoms with Crippen LogP contribution in [0, 0.1) is 5.41 Å². The number of carbonyl (C=O) groups excluding carboxylic acids is 2. The molecule has 1 heterocycles. The third-order valence-electron chi connectivity index (χ3n) is 3.18. The van der Waals surface area contributed by atoms with Gasteiger partial charge < -0.3 is 4.74 Å². The van der Waals surface area contributed by atoms with Crippen LogP contribution >= 0.6 is 31.9 Å². The lowest BCUT2D eigenvalue weighted by atomic mass is 9.65. The van der Waals surface area contributed by atoms with Crippen LogP contribution in [0.25, 0.3) is 0 Å². The largest absolute Gasteiger partial charge is 0.452 e. The summed E-state index contributed by atoms with van der Waals surface area (Å²) in [6, 6.07) is 0. The van der Waals surface area contributed by atoms with E-state index in [1.165, 1.54) is 6.08 Å². The van der Waals surface area contributed by atoms with Crippen LogP contribution in [-0.4, -0.2) is 27.0 Å². The number of hydrogen-bond acceptors (Lipinski definition) is 3. The predicted molar refractivity (Wildman–Crippen MR) is 62.2 cm³/mol. The molecule has 0 N–H and O–H groups in total. The van der Waals surface area contributed by atoms with Crippen molar-refractivity contribution in [2.45, 2.75) is 29.1 Å². The molecule has 0 amide bonds. The minimum atomic E-state index is -0.702. The van der Waals surface area contributed by atoms with Gasteiger partial charge in [-0.25, -0.2) is 0 Å². The van der Waals surface area contributed by atoms with Crippen LogP contribution in [0.2, 0.25) is 0 Å². The summed E-state index contributed by atoms with van der Waals surface area (Å²) in [5.74, 6) is -0.244. The van der Waals surface area contributed by atoms with Crippen LogP contribution in [0.5, 0.6) is 0 Å². The van der Waals surface area contributed by atoms with Gasteiger partial charge in [0.1, 0.15) is 5.41 Å². The number of alkyl halides is 2. The number of hydrogen-bond donors (Lipinski definition) is 0. The summed E-state index contributed by atoms with van der Waals surface area (Å²) in [6.45, 7) is 3.65. The van der Waals surface area contributed by atoms with Gasteiger partial charge >= 0.3 is 5.97 Å². The van der Waals surface area contributed by atoms with Crippen LogP contribution in [0.1, 0.15) is 13.8 Å². The third-order valence-corrected chi connectivity index (χ3v) is 6.08. The molecule has 1 aliphatic carbocycles. The zero-order valence-corrected chi connectivity index (χ0v) is 11.5. The maximum absolute atomic E-state index is 11.4. The molecule has 82 valence electrons. The number of ketones is 1. The Balaban J connectivity index is 2.43. The number of halogens is 2. The topological polar surface area (TPSA) is 43.4 Å². The van der Waals surface area contributed by atoms with Gasteiger partial charge in [-0.05, 0) is 26.0 Å². The van der Waals surface area contributed by atoms with Crippen molar-refractivity contribution < 1.29 is 14.3 Å². The summed E-state index contributed by atoms with van der Waals surface area (Å²) in [4.78, 5) is 22.2. The van der Waals surface area contributed by atoms with Crippen molar-refractivity contribution in [3.8, 4) is 0 Å². The standard InChI is InChI=1S/C10H10Br2O3/c1-9(2)8(14)15-10(9)4-3-5(13)6(11)7(10)12/h3-4,6-7H,1-2H3. The molecule has 3 unspecified atom stereocenters. The Hall–Kier alpha value is -0.160. The third kappa shape index (κ3) is 1.22. The molecule has 0 saturated carbocycles. The average Bonchev–Trinajstić information content (AvgIpc) is 2.19. The highest BCUT2D eigenvalue weighted by Crippen LogP contribution is 2.54. The molecule has 0 aromatic rings. The van der Waals surface area contributed by atoms with E-state index >= 15 is 0 Å². The molecule has 3 atom stereocenters. The second-order valence-electron chi connectivity index (χ2n) is 4.35. The van der Waals surface area contributed by atoms with Gasteiger partial charge in [-0.3, -0.25) is 9.59 Å². The van der Waals surface area contributed by atoms with E-state index in [0.717, 1.165) is 0 Å². The fraction of sp³-hybridized carbons (Fsp3) is 0.600. The molecule has 2 rings (SSSR count). The predicted octanol–water partition coefficient (Wildman–Crippen LogP) is 1.97. The Bertz CT molecular complexity index is 375. The van der Waals surface area contributed by atoms with E-state index in [9.17, 15) is 9.59 Å². The monoisotopic (exact) mass is 336 g/mol. The molecule has 0 radical (unpaired) electrons. The first kappa shape index (κ1) is 11.3. The first-order valence-corrected chi connectivity index (χ1v) is 6.41. The number of allylic oxidation sites excluding steroid dienone is 1. The lowest BCUT2D eigenvalue weighted by Gasteiger charge is -2.55. The smallest absolute Gasteiger partial charge is 0.316 e. The first-order chi connectivity index (χ1) is 6.83. The summed E-state index contributed by atoms with van der Waals surface area (Å²) in [5.41, 5.74) is -1.30. The van der Waals surface area contributed by atoms with Crippen molar-refractivity contribution in [2.75, 3.05) is 0 Å². The lowest BCUT2D eigenvalue weighted by molar-refractivity contribution is -0.222. The molecular formula is C10H10Br2O3. The maximum atomic E-state index is 11.4. The first-order valence-electron chi connectivity index (χ1n) is 4.57. The van der Waals surface area contributed by atoms with E-state index in [-0.39, 0.29) is 21.4 Å². The van der Waals surface area contributed by atoms with Crippen molar-refractivity contribution in [3.63, 3.8) is 0 Å². The molecule has 15 heavy (non-hydrogen) atoms. The van der Waals surface area contributed by atoms with Crippen molar-refractivity contribution in [1.82, 2.24) is 0 Å². The van der Waals surface area contributed by atoms with E-state index in [2.05, 4.69) is 31.9 Å². The summed E-state index contributed by atoms with van der Waals surface area (Å²) < 4.78 is 5.26. The molecule has 1 fully saturated rings. The summed E-state index contributed by atoms with van der Waals surface area (Å²) in [7, 11) is 0. The Morgan fingerprint density at radius 3 is 2.40 bits per heavy atom. The fourth-order valence-corrected chi connectivity index (χ4v) is 3.54. The zero-order valence-electron chi connectivity index (χ0n) is 8.29. The molecule has 0 aromatic carbocycles. The Kier molecular flexibility index (Phi) is 2.39. The SMILES string of the molecule is CC1(C)C(=O)OC12C=CC(=O)C(Br)C2Br. The number of carbonyl (C=O) groups is 2. The van der Waals surface area contributed by atoms with Gasteiger partial charge in [-0.2, -0.15) is 0 Å². The highest BCUT2D eigenvalue weighted by atomic mass is 79.9. The molecule has 1 spiro atoms. The van der Waals surface area contributed by atoms with Crippen molar-refractivity contribution in [2.24, 2.45) is 5.41 Å². The van der Waals surface area contributed by atoms with Gasteiger partial charge in [0, 0.05) is 0 Å². The van der Waals surface area contributed by atoms with Crippen LogP contribution in [-0.2, 0) is 14.3 Å². The Morgan fingerprint density at radius 2 is 1.93 bits per heavy atom. The highest BCUT2D eigenvalue weighted by molar-refractivity contribution is 9.12. The van der Waals surface area contributed by atoms with Crippen molar-refractivity contribution >= 4 is 43.6 Å². The van der Waals surface area contributed by atoms with E-state index in [0.29, 0.717) is 0 Å². The number of rotatable bonds is 0. The minimum Gasteiger partial charge on any atom is -0.452 e. The second kappa shape index (κ2) is 3.17. The molecule has 5 heteroatoms. The van der Waals surface area contributed by atoms with Crippen LogP contribution in [0.4, 0.5) is 0 Å². The molecule has 0 aromatic heterocycles. The van der Waals surface area contributed by atoms with Crippen LogP contribution in [0.15, 0.2) is 12.2 Å². The fourth-order valence-electron chi connectivity index (χ4n) is 1.92. The van der Waals surface area contributed by atoms with Gasteiger partial charge in [0.2, 0.25) is 0 Å². The Morgan fingerprint density at radius 1 is 1.33 bits per heavy atom. The quantitative estimate of drug-likeness (QED) is 0.501. The van der Waals surface area contributed by atoms with E-state index in [4.69, 9.17) is 4.74 Å². The number of esters is 1. The van der Waals surface area contributed by atoms with Crippen molar-refractivity contribution in [1.29, 1.82) is 0 Å². The molecule has 0 bridgehead atoms. The highest BCUT2D eigenvalue weighted by Gasteiger charge is 2.67. The molecule has 1 aliphatic heterocycles. The molecule has 2 aliphatic rings. The number of ether oxygens (including phenoxy) is 1. The van der Waals surface area contributed by atoms with E-state index in [1.54, 1.807) is 6.08 Å². The molecule has 1 saturated heterocycles. The maximum Gasteiger partial charge on any atom is 0.316 e. The lowest BCUT2D eigenvalue weighted by Crippen LogP contribution is -2.70. The Labute approximate surface area is 104 Å². The molecule has 3 nitrogen and oxygen atoms in total. The second-order valence-corrected chi connectivity index (χ2v) is 6.32. The van der Waals surface area contributed by atoms with Crippen molar-refractivity contribution in [3.05, 3.63) is 12.2 Å². The summed E-state index contributed by atoms with van der Waals surface area (Å²) in [5, 5.41) is 0. The zero-order chi connectivity index (χ0) is 11.4. The van der Waals surface area contributed by atoms with Gasteiger partial charge in [-0.1, -0.05) is 31.9 Å². The van der Waals surface area contributed by atoms with Crippen LogP contribution in [0.3, 0.4) is 0 Å².